The molecule has 0 bridgehead atoms. The Morgan fingerprint density at radius 2 is 1.62 bits per heavy atom. The van der Waals surface area contributed by atoms with Crippen molar-refractivity contribution < 1.29 is 4.79 Å². The lowest BCUT2D eigenvalue weighted by atomic mass is 9.80. The largest absolute Gasteiger partial charge is 0.340 e. The number of rotatable bonds is 1. The van der Waals surface area contributed by atoms with E-state index in [0.717, 1.165) is 39.0 Å². The van der Waals surface area contributed by atoms with Gasteiger partial charge in [-0.1, -0.05) is 0 Å². The summed E-state index contributed by atoms with van der Waals surface area (Å²) in [4.78, 5) is 16.1. The summed E-state index contributed by atoms with van der Waals surface area (Å²) in [5.74, 6) is 0.563. The fraction of sp³-hybridized carbons (Fsp3) is 0.900. The average Bonchev–Trinajstić information content (AvgIpc) is 2.13. The summed E-state index contributed by atoms with van der Waals surface area (Å²) in [5.41, 5.74) is 5.68. The van der Waals surface area contributed by atoms with Gasteiger partial charge in [0.2, 0.25) is 5.91 Å². The molecule has 96 valence electrons. The number of hydrogen-bond donors (Lipinski definition) is 1. The summed E-state index contributed by atoms with van der Waals surface area (Å²) >= 11 is 0. The number of nitrogens with zero attached hydrogens (tertiary/aromatic N) is 2. The summed E-state index contributed by atoms with van der Waals surface area (Å²) in [6.45, 7) is 3.79. The van der Waals surface area contributed by atoms with Crippen molar-refractivity contribution in [1.82, 2.24) is 9.80 Å². The van der Waals surface area contributed by atoms with Gasteiger partial charge >= 0.3 is 0 Å². The highest BCUT2D eigenvalue weighted by Gasteiger charge is 2.35. The van der Waals surface area contributed by atoms with Crippen LogP contribution in [0, 0.1) is 5.92 Å². The van der Waals surface area contributed by atoms with E-state index in [1.165, 1.54) is 0 Å². The van der Waals surface area contributed by atoms with Crippen LogP contribution in [0.3, 0.4) is 0 Å². The number of carbonyl (C=O) groups is 1. The lowest BCUT2D eigenvalue weighted by molar-refractivity contribution is -0.140. The van der Waals surface area contributed by atoms with E-state index in [1.807, 2.05) is 4.90 Å². The van der Waals surface area contributed by atoms with Crippen molar-refractivity contribution in [3.63, 3.8) is 0 Å². The van der Waals surface area contributed by atoms with Gasteiger partial charge in [0, 0.05) is 38.1 Å². The van der Waals surface area contributed by atoms with Gasteiger partial charge in [0.15, 0.2) is 0 Å². The number of piperazine rings is 1. The van der Waals surface area contributed by atoms with Crippen molar-refractivity contribution in [3.8, 4) is 0 Å². The van der Waals surface area contributed by atoms with Crippen LogP contribution >= 0.6 is 24.8 Å². The molecule has 1 amide bonds. The van der Waals surface area contributed by atoms with Crippen molar-refractivity contribution in [3.05, 3.63) is 0 Å². The number of amides is 1. The van der Waals surface area contributed by atoms with Crippen LogP contribution in [0.5, 0.6) is 0 Å². The van der Waals surface area contributed by atoms with Crippen molar-refractivity contribution in [2.75, 3.05) is 33.2 Å². The van der Waals surface area contributed by atoms with Crippen LogP contribution in [-0.4, -0.2) is 55.0 Å². The maximum absolute atomic E-state index is 11.9. The standard InChI is InChI=1S/C10H19N3O.2ClH/c1-12-2-4-13(5-3-12)10(14)8-6-9(11)7-8;;/h8-9H,2-7,11H2,1H3;2*1H. The minimum absolute atomic E-state index is 0. The zero-order valence-electron chi connectivity index (χ0n) is 9.59. The highest BCUT2D eigenvalue weighted by atomic mass is 35.5. The third kappa shape index (κ3) is 3.48. The molecule has 1 heterocycles. The van der Waals surface area contributed by atoms with Gasteiger partial charge in [0.25, 0.3) is 0 Å². The Labute approximate surface area is 109 Å². The molecule has 0 atom stereocenters. The summed E-state index contributed by atoms with van der Waals surface area (Å²) in [6.07, 6.45) is 1.79. The Morgan fingerprint density at radius 1 is 1.12 bits per heavy atom. The number of nitrogens with two attached hydrogens (primary N) is 1. The van der Waals surface area contributed by atoms with E-state index in [2.05, 4.69) is 11.9 Å². The van der Waals surface area contributed by atoms with Crippen LogP contribution in [0.1, 0.15) is 12.8 Å². The van der Waals surface area contributed by atoms with Crippen molar-refractivity contribution in [2.24, 2.45) is 11.7 Å². The minimum atomic E-state index is 0. The van der Waals surface area contributed by atoms with E-state index in [4.69, 9.17) is 5.73 Å². The first-order chi connectivity index (χ1) is 6.66. The third-order valence-corrected chi connectivity index (χ3v) is 3.34. The molecule has 6 heteroatoms. The maximum atomic E-state index is 11.9. The van der Waals surface area contributed by atoms with Crippen LogP contribution in [0.15, 0.2) is 0 Å². The Balaban J connectivity index is 0.00000112. The molecule has 1 saturated heterocycles. The first-order valence-electron chi connectivity index (χ1n) is 5.39. The number of carbonyl (C=O) groups excluding carboxylic acids is 1. The molecule has 1 saturated carbocycles. The summed E-state index contributed by atoms with van der Waals surface area (Å²) < 4.78 is 0. The van der Waals surface area contributed by atoms with Crippen molar-refractivity contribution in [1.29, 1.82) is 0 Å². The van der Waals surface area contributed by atoms with Gasteiger partial charge in [-0.15, -0.1) is 24.8 Å². The molecule has 0 spiro atoms. The fourth-order valence-corrected chi connectivity index (χ4v) is 2.15. The highest BCUT2D eigenvalue weighted by molar-refractivity contribution is 5.85. The van der Waals surface area contributed by atoms with Crippen LogP contribution in [0.4, 0.5) is 0 Å². The second kappa shape index (κ2) is 6.64. The Kier molecular flexibility index (Phi) is 6.63. The maximum Gasteiger partial charge on any atom is 0.225 e. The molecule has 2 aliphatic rings. The molecule has 1 aliphatic carbocycles. The average molecular weight is 270 g/mol. The lowest BCUT2D eigenvalue weighted by Crippen LogP contribution is -2.52. The third-order valence-electron chi connectivity index (χ3n) is 3.34. The predicted molar refractivity (Wildman–Crippen MR) is 69.3 cm³/mol. The number of likely N-dealkylation sites (N-methyl/N-ethyl adjacent to an activating group) is 1. The van der Waals surface area contributed by atoms with Crippen LogP contribution in [-0.2, 0) is 4.79 Å². The highest BCUT2D eigenvalue weighted by Crippen LogP contribution is 2.27. The Bertz CT molecular complexity index is 226. The molecule has 0 aromatic heterocycles. The number of halogens is 2. The molecule has 4 nitrogen and oxygen atoms in total. The molecule has 0 radical (unpaired) electrons. The van der Waals surface area contributed by atoms with Crippen molar-refractivity contribution >= 4 is 30.7 Å². The van der Waals surface area contributed by atoms with E-state index >= 15 is 0 Å². The quantitative estimate of drug-likeness (QED) is 0.747. The molecule has 16 heavy (non-hydrogen) atoms. The van der Waals surface area contributed by atoms with Crippen LogP contribution in [0.25, 0.3) is 0 Å². The molecule has 0 unspecified atom stereocenters. The Morgan fingerprint density at radius 3 is 2.06 bits per heavy atom. The predicted octanol–water partition coefficient (Wildman–Crippen LogP) is 0.341. The molecule has 0 aromatic rings. The van der Waals surface area contributed by atoms with E-state index in [0.29, 0.717) is 5.91 Å². The van der Waals surface area contributed by atoms with Crippen LogP contribution < -0.4 is 5.73 Å². The molecule has 2 rings (SSSR count). The van der Waals surface area contributed by atoms with Gasteiger partial charge in [-0.2, -0.15) is 0 Å². The fourth-order valence-electron chi connectivity index (χ4n) is 2.15. The van der Waals surface area contributed by atoms with E-state index < -0.39 is 0 Å². The molecule has 1 aliphatic heterocycles. The first kappa shape index (κ1) is 16.0. The minimum Gasteiger partial charge on any atom is -0.340 e. The van der Waals surface area contributed by atoms with Crippen LogP contribution in [0.2, 0.25) is 0 Å². The molecule has 0 aromatic carbocycles. The monoisotopic (exact) mass is 269 g/mol. The lowest BCUT2D eigenvalue weighted by Gasteiger charge is -2.39. The van der Waals surface area contributed by atoms with E-state index in [9.17, 15) is 4.79 Å². The normalized spacial score (nSPS) is 29.8. The topological polar surface area (TPSA) is 49.6 Å². The van der Waals surface area contributed by atoms with Gasteiger partial charge in [-0.05, 0) is 19.9 Å². The molecular formula is C10H21Cl2N3O. The zero-order chi connectivity index (χ0) is 10.1. The summed E-state index contributed by atoms with van der Waals surface area (Å²) in [7, 11) is 2.10. The van der Waals surface area contributed by atoms with Gasteiger partial charge < -0.3 is 15.5 Å². The van der Waals surface area contributed by atoms with Gasteiger partial charge in [-0.3, -0.25) is 4.79 Å². The summed E-state index contributed by atoms with van der Waals surface area (Å²) in [5, 5.41) is 0. The number of hydrogen-bond acceptors (Lipinski definition) is 3. The SMILES string of the molecule is CN1CCN(C(=O)C2CC(N)C2)CC1.Cl.Cl. The smallest absolute Gasteiger partial charge is 0.225 e. The molecule has 2 fully saturated rings. The summed E-state index contributed by atoms with van der Waals surface area (Å²) in [6, 6.07) is 0.274. The second-order valence-electron chi connectivity index (χ2n) is 4.56. The van der Waals surface area contributed by atoms with Gasteiger partial charge in [0.1, 0.15) is 0 Å². The zero-order valence-corrected chi connectivity index (χ0v) is 11.2. The first-order valence-corrected chi connectivity index (χ1v) is 5.39. The molecule has 2 N–H and O–H groups in total. The second-order valence-corrected chi connectivity index (χ2v) is 4.56. The van der Waals surface area contributed by atoms with Gasteiger partial charge in [-0.25, -0.2) is 0 Å². The van der Waals surface area contributed by atoms with Gasteiger partial charge in [0.05, 0.1) is 0 Å². The Hall–Kier alpha value is -0.0300. The van der Waals surface area contributed by atoms with E-state index in [1.54, 1.807) is 0 Å². The van der Waals surface area contributed by atoms with E-state index in [-0.39, 0.29) is 36.8 Å². The van der Waals surface area contributed by atoms with Crippen molar-refractivity contribution in [2.45, 2.75) is 18.9 Å². The molecular weight excluding hydrogens is 249 g/mol.